The van der Waals surface area contributed by atoms with Gasteiger partial charge in [0.05, 0.1) is 11.4 Å². The van der Waals surface area contributed by atoms with Gasteiger partial charge in [-0.05, 0) is 17.5 Å². The Kier molecular flexibility index (Phi) is 1.97. The Balaban J connectivity index is 2.04. The molecule has 6 nitrogen and oxygen atoms in total. The van der Waals surface area contributed by atoms with Crippen molar-refractivity contribution in [2.24, 2.45) is 11.3 Å². The lowest BCUT2D eigenvalue weighted by atomic mass is 10.1. The monoisotopic (exact) mass is 246 g/mol. The van der Waals surface area contributed by atoms with Crippen LogP contribution < -0.4 is 5.73 Å². The molecule has 3 rings (SSSR count). The minimum absolute atomic E-state index is 0.0922. The van der Waals surface area contributed by atoms with Gasteiger partial charge in [0.1, 0.15) is 11.6 Å². The van der Waals surface area contributed by atoms with Crippen molar-refractivity contribution in [3.05, 3.63) is 18.0 Å². The first-order valence-electron chi connectivity index (χ1n) is 5.76. The molecule has 0 amide bonds. The minimum Gasteiger partial charge on any atom is -0.481 e. The van der Waals surface area contributed by atoms with E-state index in [-0.39, 0.29) is 11.3 Å². The van der Waals surface area contributed by atoms with Crippen molar-refractivity contribution < 1.29 is 9.90 Å². The summed E-state index contributed by atoms with van der Waals surface area (Å²) in [5, 5.41) is 9.16. The van der Waals surface area contributed by atoms with Crippen molar-refractivity contribution >= 4 is 23.0 Å². The highest BCUT2D eigenvalue weighted by Crippen LogP contribution is 2.63. The normalized spacial score (nSPS) is 25.2. The van der Waals surface area contributed by atoms with Gasteiger partial charge in [-0.1, -0.05) is 13.8 Å². The topological polar surface area (TPSA) is 105 Å². The number of carbonyl (C=O) groups is 1. The Morgan fingerprint density at radius 3 is 2.78 bits per heavy atom. The quantitative estimate of drug-likeness (QED) is 0.742. The van der Waals surface area contributed by atoms with Gasteiger partial charge in [-0.2, -0.15) is 0 Å². The Morgan fingerprint density at radius 1 is 1.44 bits per heavy atom. The molecule has 2 aromatic heterocycles. The van der Waals surface area contributed by atoms with Crippen LogP contribution in [-0.4, -0.2) is 26.0 Å². The SMILES string of the molecule is CC1(C)C(C(=O)O)C1c1nc2nc(N)ccc2[nH]1. The van der Waals surface area contributed by atoms with Crippen molar-refractivity contribution in [1.29, 1.82) is 0 Å². The summed E-state index contributed by atoms with van der Waals surface area (Å²) < 4.78 is 0. The van der Waals surface area contributed by atoms with Crippen LogP contribution in [0.5, 0.6) is 0 Å². The third kappa shape index (κ3) is 1.38. The maximum absolute atomic E-state index is 11.2. The molecule has 6 heteroatoms. The van der Waals surface area contributed by atoms with Crippen LogP contribution in [0, 0.1) is 11.3 Å². The van der Waals surface area contributed by atoms with E-state index in [2.05, 4.69) is 15.0 Å². The van der Waals surface area contributed by atoms with Gasteiger partial charge in [-0.25, -0.2) is 9.97 Å². The Labute approximate surface area is 103 Å². The highest BCUT2D eigenvalue weighted by atomic mass is 16.4. The molecule has 4 N–H and O–H groups in total. The number of nitrogens with two attached hydrogens (primary N) is 1. The van der Waals surface area contributed by atoms with Crippen LogP contribution in [0.15, 0.2) is 12.1 Å². The average Bonchev–Trinajstić information content (AvgIpc) is 2.66. The first kappa shape index (κ1) is 11.0. The number of anilines is 1. The summed E-state index contributed by atoms with van der Waals surface area (Å²) >= 11 is 0. The van der Waals surface area contributed by atoms with Gasteiger partial charge in [-0.15, -0.1) is 0 Å². The van der Waals surface area contributed by atoms with Crippen LogP contribution in [0.1, 0.15) is 25.6 Å². The van der Waals surface area contributed by atoms with Crippen LogP contribution in [0.4, 0.5) is 5.82 Å². The summed E-state index contributed by atoms with van der Waals surface area (Å²) in [7, 11) is 0. The number of carboxylic acid groups (broad SMARTS) is 1. The second-order valence-corrected chi connectivity index (χ2v) is 5.34. The van der Waals surface area contributed by atoms with Crippen LogP contribution >= 0.6 is 0 Å². The fourth-order valence-electron chi connectivity index (χ4n) is 2.68. The van der Waals surface area contributed by atoms with E-state index in [1.54, 1.807) is 12.1 Å². The van der Waals surface area contributed by atoms with E-state index in [4.69, 9.17) is 10.8 Å². The van der Waals surface area contributed by atoms with E-state index in [0.29, 0.717) is 17.3 Å². The second kappa shape index (κ2) is 3.22. The van der Waals surface area contributed by atoms with E-state index >= 15 is 0 Å². The molecule has 1 aliphatic carbocycles. The molecule has 0 spiro atoms. The summed E-state index contributed by atoms with van der Waals surface area (Å²) in [4.78, 5) is 22.8. The number of imidazole rings is 1. The maximum Gasteiger partial charge on any atom is 0.307 e. The molecule has 18 heavy (non-hydrogen) atoms. The zero-order valence-corrected chi connectivity index (χ0v) is 10.1. The van der Waals surface area contributed by atoms with Gasteiger partial charge >= 0.3 is 5.97 Å². The van der Waals surface area contributed by atoms with Gasteiger partial charge in [0.2, 0.25) is 0 Å². The lowest BCUT2D eigenvalue weighted by molar-refractivity contribution is -0.139. The smallest absolute Gasteiger partial charge is 0.307 e. The molecule has 94 valence electrons. The standard InChI is InChI=1S/C12H14N4O2/c1-12(2)7(8(12)11(17)18)10-14-5-3-4-6(13)15-9(5)16-10/h3-4,7-8H,1-2H3,(H,17,18)(H3,13,14,15,16). The van der Waals surface area contributed by atoms with E-state index < -0.39 is 11.9 Å². The fraction of sp³-hybridized carbons (Fsp3) is 0.417. The van der Waals surface area contributed by atoms with E-state index in [1.165, 1.54) is 0 Å². The molecule has 2 heterocycles. The van der Waals surface area contributed by atoms with Gasteiger partial charge in [-0.3, -0.25) is 4.79 Å². The number of nitrogens with zero attached hydrogens (tertiary/aromatic N) is 2. The van der Waals surface area contributed by atoms with Crippen LogP contribution in [-0.2, 0) is 4.79 Å². The zero-order chi connectivity index (χ0) is 13.1. The fourth-order valence-corrected chi connectivity index (χ4v) is 2.68. The lowest BCUT2D eigenvalue weighted by Crippen LogP contribution is -2.03. The van der Waals surface area contributed by atoms with Gasteiger partial charge in [0.15, 0.2) is 5.65 Å². The Morgan fingerprint density at radius 2 is 2.17 bits per heavy atom. The molecule has 1 aliphatic rings. The first-order valence-corrected chi connectivity index (χ1v) is 5.76. The minimum atomic E-state index is -0.780. The van der Waals surface area contributed by atoms with Crippen molar-refractivity contribution in [3.8, 4) is 0 Å². The highest BCUT2D eigenvalue weighted by molar-refractivity contribution is 5.78. The number of aliphatic carboxylic acids is 1. The number of pyridine rings is 1. The summed E-state index contributed by atoms with van der Waals surface area (Å²) in [5.74, 6) is -0.176. The molecule has 2 atom stereocenters. The zero-order valence-electron chi connectivity index (χ0n) is 10.1. The Hall–Kier alpha value is -2.11. The number of carboxylic acids is 1. The molecule has 0 aliphatic heterocycles. The first-order chi connectivity index (χ1) is 8.41. The van der Waals surface area contributed by atoms with Gasteiger partial charge < -0.3 is 15.8 Å². The van der Waals surface area contributed by atoms with E-state index in [9.17, 15) is 4.79 Å². The molecular weight excluding hydrogens is 232 g/mol. The van der Waals surface area contributed by atoms with Crippen molar-refractivity contribution in [2.45, 2.75) is 19.8 Å². The number of hydrogen-bond donors (Lipinski definition) is 3. The summed E-state index contributed by atoms with van der Waals surface area (Å²) in [6.07, 6.45) is 0. The van der Waals surface area contributed by atoms with E-state index in [0.717, 1.165) is 5.52 Å². The van der Waals surface area contributed by atoms with Crippen LogP contribution in [0.2, 0.25) is 0 Å². The average molecular weight is 246 g/mol. The van der Waals surface area contributed by atoms with Crippen molar-refractivity contribution in [1.82, 2.24) is 15.0 Å². The Bertz CT molecular complexity index is 647. The molecule has 1 fully saturated rings. The molecule has 2 unspecified atom stereocenters. The van der Waals surface area contributed by atoms with Gasteiger partial charge in [0.25, 0.3) is 0 Å². The summed E-state index contributed by atoms with van der Waals surface area (Å²) in [5.41, 5.74) is 6.64. The number of hydrogen-bond acceptors (Lipinski definition) is 4. The molecule has 1 saturated carbocycles. The predicted molar refractivity (Wildman–Crippen MR) is 65.9 cm³/mol. The second-order valence-electron chi connectivity index (χ2n) is 5.34. The largest absolute Gasteiger partial charge is 0.481 e. The third-order valence-corrected chi connectivity index (χ3v) is 3.77. The number of rotatable bonds is 2. The summed E-state index contributed by atoms with van der Waals surface area (Å²) in [6, 6.07) is 3.50. The van der Waals surface area contributed by atoms with Crippen molar-refractivity contribution in [2.75, 3.05) is 5.73 Å². The molecule has 0 bridgehead atoms. The molecule has 0 aromatic carbocycles. The van der Waals surface area contributed by atoms with Crippen molar-refractivity contribution in [3.63, 3.8) is 0 Å². The molecule has 2 aromatic rings. The highest BCUT2D eigenvalue weighted by Gasteiger charge is 2.64. The number of aromatic nitrogens is 3. The molecular formula is C12H14N4O2. The number of H-pyrrole nitrogens is 1. The maximum atomic E-state index is 11.2. The third-order valence-electron chi connectivity index (χ3n) is 3.77. The number of aromatic amines is 1. The van der Waals surface area contributed by atoms with Gasteiger partial charge in [0, 0.05) is 5.92 Å². The molecule has 0 saturated heterocycles. The van der Waals surface area contributed by atoms with Crippen LogP contribution in [0.3, 0.4) is 0 Å². The van der Waals surface area contributed by atoms with Crippen LogP contribution in [0.25, 0.3) is 11.2 Å². The number of nitrogens with one attached hydrogen (secondary N) is 1. The lowest BCUT2D eigenvalue weighted by Gasteiger charge is -1.97. The summed E-state index contributed by atoms with van der Waals surface area (Å²) in [6.45, 7) is 3.87. The number of nitrogen functional groups attached to an aromatic ring is 1. The predicted octanol–water partition coefficient (Wildman–Crippen LogP) is 1.36. The molecule has 0 radical (unpaired) electrons. The van der Waals surface area contributed by atoms with E-state index in [1.807, 2.05) is 13.8 Å². The number of fused-ring (bicyclic) bond motifs is 1.